The van der Waals surface area contributed by atoms with E-state index < -0.39 is 11.9 Å². The number of aromatic nitrogens is 1. The lowest BCUT2D eigenvalue weighted by Gasteiger charge is -2.35. The van der Waals surface area contributed by atoms with E-state index in [0.29, 0.717) is 12.0 Å². The second-order valence-corrected chi connectivity index (χ2v) is 6.37. The van der Waals surface area contributed by atoms with Crippen LogP contribution >= 0.6 is 0 Å². The summed E-state index contributed by atoms with van der Waals surface area (Å²) in [5, 5.41) is 0. The van der Waals surface area contributed by atoms with E-state index in [4.69, 9.17) is 0 Å². The van der Waals surface area contributed by atoms with Crippen LogP contribution in [0.5, 0.6) is 0 Å². The van der Waals surface area contributed by atoms with E-state index in [0.717, 1.165) is 38.5 Å². The molecule has 1 aliphatic heterocycles. The minimum absolute atomic E-state index is 0.0112. The van der Waals surface area contributed by atoms with Gasteiger partial charge in [-0.3, -0.25) is 4.90 Å². The first kappa shape index (κ1) is 18.5. The van der Waals surface area contributed by atoms with Gasteiger partial charge in [-0.25, -0.2) is 9.37 Å². The molecule has 2 heterocycles. The van der Waals surface area contributed by atoms with Crippen molar-refractivity contribution in [2.45, 2.75) is 12.8 Å². The number of nitrogens with zero attached hydrogens (tertiary/aromatic N) is 3. The molecule has 1 aromatic heterocycles. The maximum absolute atomic E-state index is 13.2. The van der Waals surface area contributed by atoms with Crippen molar-refractivity contribution >= 4 is 11.4 Å². The fourth-order valence-corrected chi connectivity index (χ4v) is 3.22. The number of hydrogen-bond donors (Lipinski definition) is 0. The van der Waals surface area contributed by atoms with Gasteiger partial charge >= 0.3 is 0 Å². The van der Waals surface area contributed by atoms with Gasteiger partial charge in [-0.2, -0.15) is 8.78 Å². The van der Waals surface area contributed by atoms with Gasteiger partial charge in [0.05, 0.1) is 0 Å². The van der Waals surface area contributed by atoms with Crippen LogP contribution in [0.4, 0.5) is 19.0 Å². The van der Waals surface area contributed by atoms with Gasteiger partial charge in [0.2, 0.25) is 0 Å². The number of halogens is 3. The molecule has 1 aliphatic rings. The van der Waals surface area contributed by atoms with Crippen LogP contribution in [-0.4, -0.2) is 42.6 Å². The molecular weight excluding hydrogens is 339 g/mol. The summed E-state index contributed by atoms with van der Waals surface area (Å²) in [6.45, 7) is 4.33. The first-order valence-electron chi connectivity index (χ1n) is 8.82. The third kappa shape index (κ3) is 4.85. The van der Waals surface area contributed by atoms with Gasteiger partial charge in [0, 0.05) is 37.9 Å². The fraction of sp³-hybridized carbons (Fsp3) is 0.350. The molecule has 0 bridgehead atoms. The average Bonchev–Trinajstić information content (AvgIpc) is 2.67. The van der Waals surface area contributed by atoms with Crippen molar-refractivity contribution in [3.05, 3.63) is 66.1 Å². The second kappa shape index (κ2) is 8.85. The highest BCUT2D eigenvalue weighted by atomic mass is 19.3. The van der Waals surface area contributed by atoms with Gasteiger partial charge in [0.15, 0.2) is 0 Å². The van der Waals surface area contributed by atoms with Gasteiger partial charge in [0.25, 0.3) is 6.08 Å². The SMILES string of the molecule is FC(F)=C(CCCN1CCN(c2ccccn2)CC1)c1ccc(F)cc1. The Morgan fingerprint density at radius 1 is 0.962 bits per heavy atom. The maximum atomic E-state index is 13.2. The van der Waals surface area contributed by atoms with Crippen LogP contribution in [0.3, 0.4) is 0 Å². The smallest absolute Gasteiger partial charge is 0.274 e. The lowest BCUT2D eigenvalue weighted by Crippen LogP contribution is -2.46. The van der Waals surface area contributed by atoms with E-state index in [1.54, 1.807) is 6.20 Å². The molecule has 1 saturated heterocycles. The highest BCUT2D eigenvalue weighted by Crippen LogP contribution is 2.26. The molecule has 2 aromatic rings. The van der Waals surface area contributed by atoms with Gasteiger partial charge in [-0.15, -0.1) is 0 Å². The Balaban J connectivity index is 1.47. The van der Waals surface area contributed by atoms with Crippen LogP contribution in [0.1, 0.15) is 18.4 Å². The molecule has 0 amide bonds. The normalized spacial score (nSPS) is 15.1. The fourth-order valence-electron chi connectivity index (χ4n) is 3.22. The number of pyridine rings is 1. The highest BCUT2D eigenvalue weighted by molar-refractivity contribution is 5.66. The van der Waals surface area contributed by atoms with E-state index in [9.17, 15) is 13.2 Å². The lowest BCUT2D eigenvalue weighted by molar-refractivity contribution is 0.255. The molecule has 0 unspecified atom stereocenters. The van der Waals surface area contributed by atoms with E-state index in [2.05, 4.69) is 14.8 Å². The molecule has 138 valence electrons. The molecule has 1 fully saturated rings. The quantitative estimate of drug-likeness (QED) is 0.759. The van der Waals surface area contributed by atoms with E-state index in [1.165, 1.54) is 24.3 Å². The molecule has 3 nitrogen and oxygen atoms in total. The third-order valence-corrected chi connectivity index (χ3v) is 4.67. The molecular formula is C20H22F3N3. The van der Waals surface area contributed by atoms with Gasteiger partial charge in [-0.05, 0) is 49.2 Å². The molecule has 0 spiro atoms. The summed E-state index contributed by atoms with van der Waals surface area (Å²) in [6.07, 6.45) is 1.04. The third-order valence-electron chi connectivity index (χ3n) is 4.67. The molecule has 0 aliphatic carbocycles. The average molecular weight is 361 g/mol. The summed E-state index contributed by atoms with van der Waals surface area (Å²) in [7, 11) is 0. The standard InChI is InChI=1S/C20H22F3N3/c21-17-8-6-16(7-9-17)18(20(22)23)4-3-11-25-12-14-26(15-13-25)19-5-1-2-10-24-19/h1-2,5-10H,3-4,11-15H2. The maximum Gasteiger partial charge on any atom is 0.274 e. The Morgan fingerprint density at radius 2 is 1.69 bits per heavy atom. The van der Waals surface area contributed by atoms with E-state index in [1.807, 2.05) is 18.2 Å². The van der Waals surface area contributed by atoms with Crippen molar-refractivity contribution in [1.29, 1.82) is 0 Å². The predicted octanol–water partition coefficient (Wildman–Crippen LogP) is 4.43. The zero-order valence-corrected chi connectivity index (χ0v) is 14.5. The summed E-state index contributed by atoms with van der Waals surface area (Å²) in [5.41, 5.74) is 0.406. The van der Waals surface area contributed by atoms with Crippen molar-refractivity contribution in [1.82, 2.24) is 9.88 Å². The van der Waals surface area contributed by atoms with Crippen LogP contribution < -0.4 is 4.90 Å². The van der Waals surface area contributed by atoms with Crippen molar-refractivity contribution in [2.75, 3.05) is 37.6 Å². The number of benzene rings is 1. The van der Waals surface area contributed by atoms with Crippen molar-refractivity contribution in [3.63, 3.8) is 0 Å². The van der Waals surface area contributed by atoms with Crippen molar-refractivity contribution in [3.8, 4) is 0 Å². The predicted molar refractivity (Wildman–Crippen MR) is 97.7 cm³/mol. The molecule has 1 aromatic carbocycles. The first-order chi connectivity index (χ1) is 12.6. The lowest BCUT2D eigenvalue weighted by atomic mass is 10.0. The summed E-state index contributed by atoms with van der Waals surface area (Å²) < 4.78 is 39.5. The molecule has 6 heteroatoms. The van der Waals surface area contributed by atoms with Gasteiger partial charge < -0.3 is 4.90 Å². The zero-order chi connectivity index (χ0) is 18.4. The van der Waals surface area contributed by atoms with Crippen LogP contribution in [0.2, 0.25) is 0 Å². The van der Waals surface area contributed by atoms with Gasteiger partial charge in [0.1, 0.15) is 11.6 Å². The monoisotopic (exact) mass is 361 g/mol. The summed E-state index contributed by atoms with van der Waals surface area (Å²) >= 11 is 0. The Kier molecular flexibility index (Phi) is 6.28. The molecule has 0 N–H and O–H groups in total. The van der Waals surface area contributed by atoms with E-state index in [-0.39, 0.29) is 12.0 Å². The Hall–Kier alpha value is -2.34. The van der Waals surface area contributed by atoms with Crippen LogP contribution in [0.15, 0.2) is 54.7 Å². The van der Waals surface area contributed by atoms with Crippen LogP contribution in [-0.2, 0) is 0 Å². The number of allylic oxidation sites excluding steroid dienone is 1. The minimum atomic E-state index is -1.68. The molecule has 0 atom stereocenters. The van der Waals surface area contributed by atoms with Crippen molar-refractivity contribution in [2.24, 2.45) is 0 Å². The van der Waals surface area contributed by atoms with Gasteiger partial charge in [-0.1, -0.05) is 18.2 Å². The van der Waals surface area contributed by atoms with Crippen LogP contribution in [0, 0.1) is 5.82 Å². The Bertz CT molecular complexity index is 720. The number of piperazine rings is 1. The second-order valence-electron chi connectivity index (χ2n) is 6.37. The largest absolute Gasteiger partial charge is 0.354 e. The van der Waals surface area contributed by atoms with Crippen molar-refractivity contribution < 1.29 is 13.2 Å². The summed E-state index contributed by atoms with van der Waals surface area (Å²) in [5.74, 6) is 0.561. The Labute approximate surface area is 151 Å². The summed E-state index contributed by atoms with van der Waals surface area (Å²) in [4.78, 5) is 8.89. The molecule has 26 heavy (non-hydrogen) atoms. The van der Waals surface area contributed by atoms with E-state index >= 15 is 0 Å². The minimum Gasteiger partial charge on any atom is -0.354 e. The molecule has 0 radical (unpaired) electrons. The topological polar surface area (TPSA) is 19.4 Å². The molecule has 3 rings (SSSR count). The Morgan fingerprint density at radius 3 is 2.31 bits per heavy atom. The zero-order valence-electron chi connectivity index (χ0n) is 14.5. The number of hydrogen-bond acceptors (Lipinski definition) is 3. The van der Waals surface area contributed by atoms with Crippen LogP contribution in [0.25, 0.3) is 5.57 Å². The summed E-state index contributed by atoms with van der Waals surface area (Å²) in [6, 6.07) is 11.1. The highest BCUT2D eigenvalue weighted by Gasteiger charge is 2.18. The number of anilines is 1. The molecule has 0 saturated carbocycles. The first-order valence-corrected chi connectivity index (χ1v) is 8.82. The number of rotatable bonds is 6.